The third-order valence-electron chi connectivity index (χ3n) is 4.59. The molecule has 1 aliphatic rings. The number of carbonyl (C=O) groups is 1. The Labute approximate surface area is 145 Å². The maximum absolute atomic E-state index is 14.5. The average Bonchev–Trinajstić information content (AvgIpc) is 3.10. The SMILES string of the molecule is COc1ccc(-c2ccc(C(=O)N3CCC(CN)C3)c(F)c2)c(F)c1. The number of halogens is 2. The number of rotatable bonds is 4. The maximum atomic E-state index is 14.5. The molecule has 0 spiro atoms. The summed E-state index contributed by atoms with van der Waals surface area (Å²) in [5, 5.41) is 0. The van der Waals surface area contributed by atoms with Crippen LogP contribution in [0.3, 0.4) is 0 Å². The van der Waals surface area contributed by atoms with Gasteiger partial charge in [0.15, 0.2) is 0 Å². The second-order valence-corrected chi connectivity index (χ2v) is 6.18. The Balaban J connectivity index is 1.85. The summed E-state index contributed by atoms with van der Waals surface area (Å²) in [4.78, 5) is 14.1. The number of hydrogen-bond acceptors (Lipinski definition) is 3. The predicted octanol–water partition coefficient (Wildman–Crippen LogP) is 3.06. The van der Waals surface area contributed by atoms with Gasteiger partial charge in [-0.25, -0.2) is 8.78 Å². The number of nitrogens with zero attached hydrogens (tertiary/aromatic N) is 1. The van der Waals surface area contributed by atoms with E-state index in [-0.39, 0.29) is 23.0 Å². The second-order valence-electron chi connectivity index (χ2n) is 6.18. The van der Waals surface area contributed by atoms with E-state index in [1.807, 2.05) is 0 Å². The minimum atomic E-state index is -0.658. The molecular formula is C19H20F2N2O2. The molecule has 1 saturated heterocycles. The van der Waals surface area contributed by atoms with Gasteiger partial charge in [-0.15, -0.1) is 0 Å². The first-order chi connectivity index (χ1) is 12.0. The molecule has 1 fully saturated rings. The van der Waals surface area contributed by atoms with E-state index in [1.54, 1.807) is 17.0 Å². The van der Waals surface area contributed by atoms with Crippen LogP contribution in [0.1, 0.15) is 16.8 Å². The van der Waals surface area contributed by atoms with Gasteiger partial charge in [0.05, 0.1) is 12.7 Å². The van der Waals surface area contributed by atoms with Gasteiger partial charge < -0.3 is 15.4 Å². The Kier molecular flexibility index (Phi) is 4.99. The van der Waals surface area contributed by atoms with E-state index in [9.17, 15) is 13.6 Å². The maximum Gasteiger partial charge on any atom is 0.256 e. The highest BCUT2D eigenvalue weighted by Crippen LogP contribution is 2.28. The number of methoxy groups -OCH3 is 1. The van der Waals surface area contributed by atoms with E-state index in [1.165, 1.54) is 31.4 Å². The zero-order chi connectivity index (χ0) is 18.0. The number of nitrogens with two attached hydrogens (primary N) is 1. The molecule has 25 heavy (non-hydrogen) atoms. The molecule has 2 aromatic rings. The smallest absolute Gasteiger partial charge is 0.256 e. The lowest BCUT2D eigenvalue weighted by atomic mass is 10.0. The molecule has 4 nitrogen and oxygen atoms in total. The average molecular weight is 346 g/mol. The third kappa shape index (κ3) is 3.49. The Bertz CT molecular complexity index is 795. The summed E-state index contributed by atoms with van der Waals surface area (Å²) in [6.07, 6.45) is 0.832. The molecule has 0 aliphatic carbocycles. The van der Waals surface area contributed by atoms with Crippen molar-refractivity contribution in [3.8, 4) is 16.9 Å². The fourth-order valence-electron chi connectivity index (χ4n) is 3.09. The van der Waals surface area contributed by atoms with Crippen molar-refractivity contribution < 1.29 is 18.3 Å². The van der Waals surface area contributed by atoms with E-state index < -0.39 is 11.6 Å². The van der Waals surface area contributed by atoms with Crippen molar-refractivity contribution >= 4 is 5.91 Å². The second kappa shape index (κ2) is 7.19. The van der Waals surface area contributed by atoms with Crippen molar-refractivity contribution in [3.63, 3.8) is 0 Å². The van der Waals surface area contributed by atoms with Crippen molar-refractivity contribution in [1.82, 2.24) is 4.90 Å². The highest BCUT2D eigenvalue weighted by atomic mass is 19.1. The highest BCUT2D eigenvalue weighted by Gasteiger charge is 2.27. The van der Waals surface area contributed by atoms with Crippen molar-refractivity contribution in [2.24, 2.45) is 11.7 Å². The van der Waals surface area contributed by atoms with Crippen LogP contribution in [0.2, 0.25) is 0 Å². The van der Waals surface area contributed by atoms with Crippen LogP contribution in [0.4, 0.5) is 8.78 Å². The molecule has 0 saturated carbocycles. The lowest BCUT2D eigenvalue weighted by Gasteiger charge is -2.17. The number of benzene rings is 2. The van der Waals surface area contributed by atoms with Gasteiger partial charge >= 0.3 is 0 Å². The van der Waals surface area contributed by atoms with Gasteiger partial charge in [-0.05, 0) is 48.7 Å². The minimum absolute atomic E-state index is 0.00431. The Hall–Kier alpha value is -2.47. The third-order valence-corrected chi connectivity index (χ3v) is 4.59. The van der Waals surface area contributed by atoms with Crippen molar-refractivity contribution in [2.75, 3.05) is 26.7 Å². The quantitative estimate of drug-likeness (QED) is 0.926. The van der Waals surface area contributed by atoms with Crippen LogP contribution in [0.15, 0.2) is 36.4 Å². The Morgan fingerprint density at radius 1 is 1.24 bits per heavy atom. The standard InChI is InChI=1S/C19H20F2N2O2/c1-25-14-3-5-15(18(21)9-14)13-2-4-16(17(20)8-13)19(24)23-7-6-12(10-22)11-23/h2-5,8-9,12H,6-7,10-11,22H2,1H3. The molecule has 2 N–H and O–H groups in total. The van der Waals surface area contributed by atoms with Crippen LogP contribution < -0.4 is 10.5 Å². The summed E-state index contributed by atoms with van der Waals surface area (Å²) < 4.78 is 33.6. The van der Waals surface area contributed by atoms with Gasteiger partial charge in [0.25, 0.3) is 5.91 Å². The predicted molar refractivity (Wildman–Crippen MR) is 91.4 cm³/mol. The molecule has 0 aromatic heterocycles. The molecule has 1 unspecified atom stereocenters. The van der Waals surface area contributed by atoms with Gasteiger partial charge in [-0.1, -0.05) is 6.07 Å². The fraction of sp³-hybridized carbons (Fsp3) is 0.316. The normalized spacial score (nSPS) is 17.0. The molecule has 132 valence electrons. The summed E-state index contributed by atoms with van der Waals surface area (Å²) in [5.41, 5.74) is 6.25. The van der Waals surface area contributed by atoms with Crippen LogP contribution in [-0.4, -0.2) is 37.6 Å². The number of hydrogen-bond donors (Lipinski definition) is 1. The lowest BCUT2D eigenvalue weighted by molar-refractivity contribution is 0.0783. The number of carbonyl (C=O) groups excluding carboxylic acids is 1. The zero-order valence-corrected chi connectivity index (χ0v) is 14.0. The summed E-state index contributed by atoms with van der Waals surface area (Å²) in [6.45, 7) is 1.64. The highest BCUT2D eigenvalue weighted by molar-refractivity contribution is 5.95. The first kappa shape index (κ1) is 17.4. The van der Waals surface area contributed by atoms with E-state index in [0.717, 1.165) is 6.42 Å². The molecule has 0 bridgehead atoms. The molecular weight excluding hydrogens is 326 g/mol. The number of ether oxygens (including phenoxy) is 1. The van der Waals surface area contributed by atoms with Crippen LogP contribution in [-0.2, 0) is 0 Å². The largest absolute Gasteiger partial charge is 0.497 e. The first-order valence-electron chi connectivity index (χ1n) is 8.16. The van der Waals surface area contributed by atoms with Crippen molar-refractivity contribution in [2.45, 2.75) is 6.42 Å². The molecule has 1 aliphatic heterocycles. The van der Waals surface area contributed by atoms with Crippen LogP contribution >= 0.6 is 0 Å². The Morgan fingerprint density at radius 2 is 2.04 bits per heavy atom. The molecule has 3 rings (SSSR count). The fourth-order valence-corrected chi connectivity index (χ4v) is 3.09. The molecule has 6 heteroatoms. The van der Waals surface area contributed by atoms with E-state index in [2.05, 4.69) is 0 Å². The molecule has 2 aromatic carbocycles. The molecule has 1 atom stereocenters. The van der Waals surface area contributed by atoms with Crippen LogP contribution in [0, 0.1) is 17.6 Å². The van der Waals surface area contributed by atoms with Crippen LogP contribution in [0.25, 0.3) is 11.1 Å². The molecule has 1 amide bonds. The zero-order valence-electron chi connectivity index (χ0n) is 14.0. The number of likely N-dealkylation sites (tertiary alicyclic amines) is 1. The van der Waals surface area contributed by atoms with E-state index in [4.69, 9.17) is 10.5 Å². The monoisotopic (exact) mass is 346 g/mol. The molecule has 0 radical (unpaired) electrons. The lowest BCUT2D eigenvalue weighted by Crippen LogP contribution is -2.30. The van der Waals surface area contributed by atoms with Gasteiger partial charge in [0.2, 0.25) is 0 Å². The van der Waals surface area contributed by atoms with Gasteiger partial charge in [0.1, 0.15) is 17.4 Å². The summed E-state index contributed by atoms with van der Waals surface area (Å²) in [5.74, 6) is -0.871. The summed E-state index contributed by atoms with van der Waals surface area (Å²) in [6, 6.07) is 8.52. The van der Waals surface area contributed by atoms with Crippen LogP contribution in [0.5, 0.6) is 5.75 Å². The van der Waals surface area contributed by atoms with E-state index in [0.29, 0.717) is 30.9 Å². The van der Waals surface area contributed by atoms with Gasteiger partial charge in [0, 0.05) is 24.7 Å². The topological polar surface area (TPSA) is 55.6 Å². The summed E-state index contributed by atoms with van der Waals surface area (Å²) >= 11 is 0. The minimum Gasteiger partial charge on any atom is -0.497 e. The summed E-state index contributed by atoms with van der Waals surface area (Å²) in [7, 11) is 1.45. The first-order valence-corrected chi connectivity index (χ1v) is 8.16. The van der Waals surface area contributed by atoms with Crippen molar-refractivity contribution in [1.29, 1.82) is 0 Å². The molecule has 1 heterocycles. The van der Waals surface area contributed by atoms with Crippen molar-refractivity contribution in [3.05, 3.63) is 53.6 Å². The number of amides is 1. The van der Waals surface area contributed by atoms with Gasteiger partial charge in [-0.2, -0.15) is 0 Å². The van der Waals surface area contributed by atoms with E-state index >= 15 is 0 Å². The Morgan fingerprint density at radius 3 is 2.64 bits per heavy atom. The van der Waals surface area contributed by atoms with Gasteiger partial charge in [-0.3, -0.25) is 4.79 Å².